The van der Waals surface area contributed by atoms with Crippen LogP contribution in [0.1, 0.15) is 54.3 Å². The second-order valence-electron chi connectivity index (χ2n) is 5.97. The number of thiazole rings is 2. The van der Waals surface area contributed by atoms with Crippen molar-refractivity contribution in [3.63, 3.8) is 0 Å². The Morgan fingerprint density at radius 1 is 1.35 bits per heavy atom. The molecule has 20 heavy (non-hydrogen) atoms. The molecule has 2 heterocycles. The highest BCUT2D eigenvalue weighted by molar-refractivity contribution is 7.11. The lowest BCUT2D eigenvalue weighted by molar-refractivity contribution is 0.545. The Kier molecular flexibility index (Phi) is 4.94. The van der Waals surface area contributed by atoms with Crippen LogP contribution in [0.4, 0.5) is 0 Å². The monoisotopic (exact) mass is 309 g/mol. The van der Waals surface area contributed by atoms with E-state index in [1.54, 1.807) is 22.7 Å². The molecule has 2 aromatic rings. The first-order valence-corrected chi connectivity index (χ1v) is 8.70. The molecule has 0 fully saturated rings. The van der Waals surface area contributed by atoms with Gasteiger partial charge in [-0.3, -0.25) is 0 Å². The van der Waals surface area contributed by atoms with Crippen LogP contribution in [-0.4, -0.2) is 16.5 Å². The van der Waals surface area contributed by atoms with Gasteiger partial charge in [0, 0.05) is 34.3 Å². The van der Waals surface area contributed by atoms with E-state index in [9.17, 15) is 0 Å². The molecule has 2 rings (SSSR count). The number of aromatic nitrogens is 2. The van der Waals surface area contributed by atoms with E-state index >= 15 is 0 Å². The second-order valence-corrected chi connectivity index (χ2v) is 8.18. The van der Waals surface area contributed by atoms with Crippen LogP contribution in [-0.2, 0) is 11.8 Å². The first kappa shape index (κ1) is 15.6. The van der Waals surface area contributed by atoms with E-state index in [2.05, 4.69) is 50.3 Å². The molecule has 0 aliphatic heterocycles. The van der Waals surface area contributed by atoms with Crippen LogP contribution in [0.5, 0.6) is 0 Å². The van der Waals surface area contributed by atoms with Gasteiger partial charge in [0.25, 0.3) is 0 Å². The van der Waals surface area contributed by atoms with Crippen LogP contribution in [0.25, 0.3) is 0 Å². The molecule has 0 aromatic carbocycles. The van der Waals surface area contributed by atoms with Crippen molar-refractivity contribution in [1.29, 1.82) is 0 Å². The smallest absolute Gasteiger partial charge is 0.0947 e. The van der Waals surface area contributed by atoms with Crippen LogP contribution in [0.15, 0.2) is 11.6 Å². The Bertz CT molecular complexity index is 551. The van der Waals surface area contributed by atoms with Gasteiger partial charge >= 0.3 is 0 Å². The molecule has 1 N–H and O–H groups in total. The molecular formula is C15H23N3S2. The van der Waals surface area contributed by atoms with Gasteiger partial charge < -0.3 is 5.32 Å². The Morgan fingerprint density at radius 2 is 2.10 bits per heavy atom. The number of likely N-dealkylation sites (N-methyl/N-ethyl adjacent to an activating group) is 1. The normalized spacial score (nSPS) is 13.7. The molecule has 0 saturated carbocycles. The van der Waals surface area contributed by atoms with Crippen LogP contribution < -0.4 is 5.32 Å². The molecule has 0 bridgehead atoms. The van der Waals surface area contributed by atoms with Gasteiger partial charge in [0.15, 0.2) is 0 Å². The summed E-state index contributed by atoms with van der Waals surface area (Å²) in [5.74, 6) is 0. The minimum absolute atomic E-state index is 0.128. The SMILES string of the molecule is CCNC(Cc1nc(C(C)(C)C)cs1)c1cnc(C)s1. The summed E-state index contributed by atoms with van der Waals surface area (Å²) in [6.07, 6.45) is 2.93. The first-order valence-electron chi connectivity index (χ1n) is 7.00. The zero-order valence-corrected chi connectivity index (χ0v) is 14.5. The number of hydrogen-bond acceptors (Lipinski definition) is 5. The fourth-order valence-corrected chi connectivity index (χ4v) is 3.91. The van der Waals surface area contributed by atoms with Crippen molar-refractivity contribution in [2.45, 2.75) is 52.5 Å². The third-order valence-corrected chi connectivity index (χ3v) is 5.03. The average Bonchev–Trinajstić information content (AvgIpc) is 2.96. The van der Waals surface area contributed by atoms with Gasteiger partial charge in [-0.1, -0.05) is 27.7 Å². The van der Waals surface area contributed by atoms with Gasteiger partial charge in [-0.05, 0) is 13.5 Å². The van der Waals surface area contributed by atoms with Crippen molar-refractivity contribution in [2.75, 3.05) is 6.54 Å². The maximum absolute atomic E-state index is 4.80. The topological polar surface area (TPSA) is 37.8 Å². The minimum atomic E-state index is 0.128. The largest absolute Gasteiger partial charge is 0.309 e. The molecule has 0 radical (unpaired) electrons. The zero-order chi connectivity index (χ0) is 14.8. The third-order valence-electron chi connectivity index (χ3n) is 3.13. The maximum Gasteiger partial charge on any atom is 0.0947 e. The molecule has 1 unspecified atom stereocenters. The van der Waals surface area contributed by atoms with Gasteiger partial charge in [-0.25, -0.2) is 9.97 Å². The molecule has 0 aliphatic carbocycles. The van der Waals surface area contributed by atoms with E-state index in [0.29, 0.717) is 6.04 Å². The van der Waals surface area contributed by atoms with Gasteiger partial charge in [-0.15, -0.1) is 22.7 Å². The molecule has 0 amide bonds. The highest BCUT2D eigenvalue weighted by atomic mass is 32.1. The molecule has 0 spiro atoms. The molecule has 1 atom stereocenters. The molecule has 5 heteroatoms. The van der Waals surface area contributed by atoms with Gasteiger partial charge in [0.05, 0.1) is 15.7 Å². The summed E-state index contributed by atoms with van der Waals surface area (Å²) in [7, 11) is 0. The summed E-state index contributed by atoms with van der Waals surface area (Å²) in [5, 5.41) is 8.06. The van der Waals surface area contributed by atoms with Crippen molar-refractivity contribution >= 4 is 22.7 Å². The minimum Gasteiger partial charge on any atom is -0.309 e. The van der Waals surface area contributed by atoms with Crippen LogP contribution in [0.2, 0.25) is 0 Å². The lowest BCUT2D eigenvalue weighted by Gasteiger charge is -2.16. The molecule has 0 saturated heterocycles. The number of rotatable bonds is 5. The van der Waals surface area contributed by atoms with E-state index in [4.69, 9.17) is 4.98 Å². The Morgan fingerprint density at radius 3 is 2.60 bits per heavy atom. The molecular weight excluding hydrogens is 286 g/mol. The van der Waals surface area contributed by atoms with Gasteiger partial charge in [0.1, 0.15) is 0 Å². The third kappa shape index (κ3) is 3.87. The van der Waals surface area contributed by atoms with Crippen LogP contribution in [0, 0.1) is 6.92 Å². The summed E-state index contributed by atoms with van der Waals surface area (Å²) in [4.78, 5) is 10.5. The predicted octanol–water partition coefficient (Wildman–Crippen LogP) is 4.10. The summed E-state index contributed by atoms with van der Waals surface area (Å²) >= 11 is 3.54. The Hall–Kier alpha value is -0.780. The first-order chi connectivity index (χ1) is 9.40. The number of nitrogens with one attached hydrogen (secondary N) is 1. The number of hydrogen-bond donors (Lipinski definition) is 1. The van der Waals surface area contributed by atoms with E-state index in [0.717, 1.165) is 18.0 Å². The fourth-order valence-electron chi connectivity index (χ4n) is 1.98. The lowest BCUT2D eigenvalue weighted by atomic mass is 9.93. The van der Waals surface area contributed by atoms with E-state index in [1.165, 1.54) is 15.6 Å². The van der Waals surface area contributed by atoms with Crippen molar-refractivity contribution in [2.24, 2.45) is 0 Å². The highest BCUT2D eigenvalue weighted by Gasteiger charge is 2.20. The molecule has 2 aromatic heterocycles. The maximum atomic E-state index is 4.80. The van der Waals surface area contributed by atoms with E-state index < -0.39 is 0 Å². The van der Waals surface area contributed by atoms with Crippen LogP contribution in [0.3, 0.4) is 0 Å². The van der Waals surface area contributed by atoms with Gasteiger partial charge in [0.2, 0.25) is 0 Å². The predicted molar refractivity (Wildman–Crippen MR) is 87.8 cm³/mol. The Balaban J connectivity index is 2.14. The fraction of sp³-hybridized carbons (Fsp3) is 0.600. The van der Waals surface area contributed by atoms with Gasteiger partial charge in [-0.2, -0.15) is 0 Å². The molecule has 0 aliphatic rings. The number of aryl methyl sites for hydroxylation is 1. The highest BCUT2D eigenvalue weighted by Crippen LogP contribution is 2.28. The van der Waals surface area contributed by atoms with Crippen molar-refractivity contribution < 1.29 is 0 Å². The Labute approximate surface area is 129 Å². The average molecular weight is 310 g/mol. The summed E-state index contributed by atoms with van der Waals surface area (Å²) < 4.78 is 0. The molecule has 110 valence electrons. The summed E-state index contributed by atoms with van der Waals surface area (Å²) in [5.41, 5.74) is 1.32. The van der Waals surface area contributed by atoms with Crippen molar-refractivity contribution in [3.05, 3.63) is 32.2 Å². The van der Waals surface area contributed by atoms with Crippen LogP contribution >= 0.6 is 22.7 Å². The summed E-state index contributed by atoms with van der Waals surface area (Å²) in [6.45, 7) is 11.8. The second kappa shape index (κ2) is 6.33. The zero-order valence-electron chi connectivity index (χ0n) is 12.9. The molecule has 3 nitrogen and oxygen atoms in total. The quantitative estimate of drug-likeness (QED) is 0.903. The standard InChI is InChI=1S/C15H23N3S2/c1-6-16-11(12-8-17-10(2)20-12)7-14-18-13(9-19-14)15(3,4)5/h8-9,11,16H,6-7H2,1-5H3. The van der Waals surface area contributed by atoms with Crippen molar-refractivity contribution in [3.8, 4) is 0 Å². The van der Waals surface area contributed by atoms with E-state index in [1.807, 2.05) is 6.20 Å². The summed E-state index contributed by atoms with van der Waals surface area (Å²) in [6, 6.07) is 0.324. The number of nitrogens with zero attached hydrogens (tertiary/aromatic N) is 2. The van der Waals surface area contributed by atoms with Crippen molar-refractivity contribution in [1.82, 2.24) is 15.3 Å². The van der Waals surface area contributed by atoms with E-state index in [-0.39, 0.29) is 5.41 Å². The lowest BCUT2D eigenvalue weighted by Crippen LogP contribution is -2.22.